The van der Waals surface area contributed by atoms with Crippen molar-refractivity contribution in [3.05, 3.63) is 77.6 Å². The molecule has 0 radical (unpaired) electrons. The summed E-state index contributed by atoms with van der Waals surface area (Å²) < 4.78 is 13.4. The van der Waals surface area contributed by atoms with Crippen LogP contribution in [0.3, 0.4) is 0 Å². The van der Waals surface area contributed by atoms with Crippen LogP contribution in [-0.4, -0.2) is 17.6 Å². The van der Waals surface area contributed by atoms with Crippen LogP contribution >= 0.6 is 0 Å². The van der Waals surface area contributed by atoms with Crippen LogP contribution < -0.4 is 5.32 Å². The molecule has 4 heteroatoms. The Labute approximate surface area is 135 Å². The van der Waals surface area contributed by atoms with Gasteiger partial charge in [0.15, 0.2) is 0 Å². The predicted molar refractivity (Wildman–Crippen MR) is 89.1 cm³/mol. The molecule has 2 aromatic carbocycles. The Kier molecular flexibility index (Phi) is 5.66. The Morgan fingerprint density at radius 1 is 1.17 bits per heavy atom. The lowest BCUT2D eigenvalue weighted by Gasteiger charge is -2.24. The number of nitrogens with one attached hydrogen (secondary N) is 1. The zero-order valence-electron chi connectivity index (χ0n) is 13.0. The number of benzene rings is 2. The van der Waals surface area contributed by atoms with Gasteiger partial charge in [-0.2, -0.15) is 0 Å². The fourth-order valence-electron chi connectivity index (χ4n) is 2.15. The molecule has 0 aromatic heterocycles. The van der Waals surface area contributed by atoms with E-state index < -0.39 is 5.60 Å². The molecular weight excluding hydrogens is 293 g/mol. The monoisotopic (exact) mass is 313 g/mol. The van der Waals surface area contributed by atoms with E-state index >= 15 is 0 Å². The zero-order valence-corrected chi connectivity index (χ0v) is 13.0. The summed E-state index contributed by atoms with van der Waals surface area (Å²) in [7, 11) is 0. The van der Waals surface area contributed by atoms with E-state index in [1.807, 2.05) is 30.3 Å². The van der Waals surface area contributed by atoms with E-state index in [2.05, 4.69) is 5.32 Å². The van der Waals surface area contributed by atoms with Gasteiger partial charge in [0.2, 0.25) is 5.91 Å². The Morgan fingerprint density at radius 3 is 2.52 bits per heavy atom. The van der Waals surface area contributed by atoms with Crippen molar-refractivity contribution in [2.45, 2.75) is 18.9 Å². The van der Waals surface area contributed by atoms with Crippen molar-refractivity contribution < 1.29 is 14.3 Å². The maximum Gasteiger partial charge on any atom is 0.223 e. The maximum atomic E-state index is 13.4. The third kappa shape index (κ3) is 5.04. The molecule has 2 rings (SSSR count). The molecule has 1 unspecified atom stereocenters. The summed E-state index contributed by atoms with van der Waals surface area (Å²) in [5.41, 5.74) is 0.0467. The van der Waals surface area contributed by atoms with Gasteiger partial charge in [-0.1, -0.05) is 60.7 Å². The molecule has 2 aromatic rings. The van der Waals surface area contributed by atoms with Gasteiger partial charge < -0.3 is 10.4 Å². The highest BCUT2D eigenvalue weighted by Crippen LogP contribution is 2.18. The minimum absolute atomic E-state index is 0.114. The molecule has 3 nitrogen and oxygen atoms in total. The first-order valence-electron chi connectivity index (χ1n) is 7.45. The number of carbonyl (C=O) groups excluding carboxylic acids is 1. The fourth-order valence-corrected chi connectivity index (χ4v) is 2.15. The number of hydrogen-bond acceptors (Lipinski definition) is 2. The van der Waals surface area contributed by atoms with E-state index in [1.54, 1.807) is 37.3 Å². The molecule has 0 spiro atoms. The minimum Gasteiger partial charge on any atom is -0.384 e. The second-order valence-corrected chi connectivity index (χ2v) is 5.54. The zero-order chi connectivity index (χ0) is 16.7. The molecule has 120 valence electrons. The SMILES string of the molecule is CC(O)(CNC(=O)CC=Cc1ccccc1F)c1ccccc1. The molecule has 23 heavy (non-hydrogen) atoms. The van der Waals surface area contributed by atoms with Gasteiger partial charge in [0.1, 0.15) is 11.4 Å². The lowest BCUT2D eigenvalue weighted by atomic mass is 9.96. The smallest absolute Gasteiger partial charge is 0.223 e. The molecule has 0 aliphatic rings. The third-order valence-corrected chi connectivity index (χ3v) is 3.53. The molecule has 0 bridgehead atoms. The van der Waals surface area contributed by atoms with Crippen LogP contribution in [-0.2, 0) is 10.4 Å². The molecule has 0 saturated carbocycles. The quantitative estimate of drug-likeness (QED) is 0.860. The third-order valence-electron chi connectivity index (χ3n) is 3.53. The summed E-state index contributed by atoms with van der Waals surface area (Å²) in [5.74, 6) is -0.551. The maximum absolute atomic E-state index is 13.4. The van der Waals surface area contributed by atoms with Crippen molar-refractivity contribution in [2.24, 2.45) is 0 Å². The standard InChI is InChI=1S/C19H20FNO2/c1-19(23,16-10-3-2-4-11-16)14-21-18(22)13-7-9-15-8-5-6-12-17(15)20/h2-12,23H,13-14H2,1H3,(H,21,22). The van der Waals surface area contributed by atoms with Crippen LogP contribution in [0.2, 0.25) is 0 Å². The molecule has 0 aliphatic carbocycles. The average molecular weight is 313 g/mol. The van der Waals surface area contributed by atoms with Gasteiger partial charge in [-0.15, -0.1) is 0 Å². The Bertz CT molecular complexity index is 681. The summed E-state index contributed by atoms with van der Waals surface area (Å²) >= 11 is 0. The van der Waals surface area contributed by atoms with E-state index in [0.717, 1.165) is 5.56 Å². The Morgan fingerprint density at radius 2 is 1.83 bits per heavy atom. The number of rotatable bonds is 6. The molecule has 1 atom stereocenters. The van der Waals surface area contributed by atoms with Crippen molar-refractivity contribution >= 4 is 12.0 Å². The van der Waals surface area contributed by atoms with Gasteiger partial charge in [0.05, 0.1) is 6.54 Å². The summed E-state index contributed by atoms with van der Waals surface area (Å²) in [5, 5.41) is 13.1. The van der Waals surface area contributed by atoms with Gasteiger partial charge in [0.25, 0.3) is 0 Å². The van der Waals surface area contributed by atoms with Gasteiger partial charge >= 0.3 is 0 Å². The predicted octanol–water partition coefficient (Wildman–Crippen LogP) is 3.25. The lowest BCUT2D eigenvalue weighted by Crippen LogP contribution is -2.38. The number of halogens is 1. The highest BCUT2D eigenvalue weighted by Gasteiger charge is 2.23. The summed E-state index contributed by atoms with van der Waals surface area (Å²) in [6.07, 6.45) is 3.30. The molecule has 0 saturated heterocycles. The molecular formula is C19H20FNO2. The first-order chi connectivity index (χ1) is 11.0. The first kappa shape index (κ1) is 16.9. The topological polar surface area (TPSA) is 49.3 Å². The number of aliphatic hydroxyl groups is 1. The molecule has 0 heterocycles. The molecule has 1 amide bonds. The number of carbonyl (C=O) groups is 1. The summed E-state index contributed by atoms with van der Waals surface area (Å²) in [6, 6.07) is 15.5. The normalized spacial score (nSPS) is 13.7. The fraction of sp³-hybridized carbons (Fsp3) is 0.211. The number of hydrogen-bond donors (Lipinski definition) is 2. The van der Waals surface area contributed by atoms with Crippen molar-refractivity contribution in [1.29, 1.82) is 0 Å². The van der Waals surface area contributed by atoms with Crippen LogP contribution in [0.25, 0.3) is 6.08 Å². The second kappa shape index (κ2) is 7.70. The van der Waals surface area contributed by atoms with E-state index in [-0.39, 0.29) is 24.7 Å². The van der Waals surface area contributed by atoms with Gasteiger partial charge in [0, 0.05) is 12.0 Å². The molecule has 0 aliphatic heterocycles. The van der Waals surface area contributed by atoms with Gasteiger partial charge in [-0.3, -0.25) is 4.79 Å². The molecule has 0 fully saturated rings. The largest absolute Gasteiger partial charge is 0.384 e. The van der Waals surface area contributed by atoms with Crippen molar-refractivity contribution in [1.82, 2.24) is 5.32 Å². The van der Waals surface area contributed by atoms with Crippen molar-refractivity contribution in [3.8, 4) is 0 Å². The summed E-state index contributed by atoms with van der Waals surface area (Å²) in [4.78, 5) is 11.8. The van der Waals surface area contributed by atoms with E-state index in [0.29, 0.717) is 5.56 Å². The van der Waals surface area contributed by atoms with E-state index in [1.165, 1.54) is 6.07 Å². The Hall–Kier alpha value is -2.46. The minimum atomic E-state index is -1.13. The number of amides is 1. The van der Waals surface area contributed by atoms with Gasteiger partial charge in [-0.05, 0) is 18.6 Å². The van der Waals surface area contributed by atoms with Crippen LogP contribution in [0.15, 0.2) is 60.7 Å². The van der Waals surface area contributed by atoms with E-state index in [9.17, 15) is 14.3 Å². The lowest BCUT2D eigenvalue weighted by molar-refractivity contribution is -0.121. The highest BCUT2D eigenvalue weighted by molar-refractivity contribution is 5.78. The second-order valence-electron chi connectivity index (χ2n) is 5.54. The first-order valence-corrected chi connectivity index (χ1v) is 7.45. The summed E-state index contributed by atoms with van der Waals surface area (Å²) in [6.45, 7) is 1.77. The van der Waals surface area contributed by atoms with Gasteiger partial charge in [-0.25, -0.2) is 4.39 Å². The van der Waals surface area contributed by atoms with Crippen LogP contribution in [0, 0.1) is 5.82 Å². The van der Waals surface area contributed by atoms with Crippen molar-refractivity contribution in [2.75, 3.05) is 6.54 Å². The van der Waals surface area contributed by atoms with E-state index in [4.69, 9.17) is 0 Å². The average Bonchev–Trinajstić information content (AvgIpc) is 2.56. The Balaban J connectivity index is 1.85. The van der Waals surface area contributed by atoms with Crippen LogP contribution in [0.1, 0.15) is 24.5 Å². The van der Waals surface area contributed by atoms with Crippen molar-refractivity contribution in [3.63, 3.8) is 0 Å². The highest BCUT2D eigenvalue weighted by atomic mass is 19.1. The van der Waals surface area contributed by atoms with Crippen LogP contribution in [0.4, 0.5) is 4.39 Å². The van der Waals surface area contributed by atoms with Crippen LogP contribution in [0.5, 0.6) is 0 Å². The molecule has 2 N–H and O–H groups in total.